The molecule has 172 valence electrons. The number of phenols is 1. The first-order valence-electron chi connectivity index (χ1n) is 11.4. The van der Waals surface area contributed by atoms with Gasteiger partial charge >= 0.3 is 5.97 Å². The van der Waals surface area contributed by atoms with Crippen LogP contribution in [0.5, 0.6) is 11.5 Å². The minimum atomic E-state index is -0.593. The van der Waals surface area contributed by atoms with Crippen LogP contribution in [-0.4, -0.2) is 30.1 Å². The third-order valence-corrected chi connectivity index (χ3v) is 6.21. The van der Waals surface area contributed by atoms with E-state index in [2.05, 4.69) is 5.32 Å². The molecule has 0 amide bonds. The maximum Gasteiger partial charge on any atom is 0.336 e. The highest BCUT2D eigenvalue weighted by atomic mass is 16.5. The lowest BCUT2D eigenvalue weighted by Crippen LogP contribution is -2.36. The third kappa shape index (κ3) is 4.38. The summed E-state index contributed by atoms with van der Waals surface area (Å²) in [6.07, 6.45) is 1.04. The van der Waals surface area contributed by atoms with Crippen LogP contribution in [0.1, 0.15) is 56.6 Å². The van der Waals surface area contributed by atoms with Crippen LogP contribution in [0.25, 0.3) is 0 Å². The highest BCUT2D eigenvalue weighted by molar-refractivity contribution is 6.04. The monoisotopic (exact) mass is 447 g/mol. The second kappa shape index (κ2) is 9.53. The normalized spacial score (nSPS) is 20.3. The Hall–Kier alpha value is -3.54. The quantitative estimate of drug-likeness (QED) is 0.624. The topological polar surface area (TPSA) is 84.9 Å². The Morgan fingerprint density at radius 3 is 2.52 bits per heavy atom. The number of carbonyl (C=O) groups is 2. The molecule has 2 aromatic carbocycles. The minimum Gasteiger partial charge on any atom is -0.504 e. The Labute approximate surface area is 193 Å². The number of dihydropyridines is 1. The zero-order valence-electron chi connectivity index (χ0n) is 19.2. The molecule has 1 aliphatic heterocycles. The number of phenolic OH excluding ortho intramolecular Hbond substituents is 1. The average Bonchev–Trinajstić information content (AvgIpc) is 2.80. The fourth-order valence-corrected chi connectivity index (χ4v) is 4.79. The van der Waals surface area contributed by atoms with E-state index in [4.69, 9.17) is 9.47 Å². The molecule has 6 nitrogen and oxygen atoms in total. The zero-order chi connectivity index (χ0) is 23.5. The number of hydrogen-bond acceptors (Lipinski definition) is 6. The van der Waals surface area contributed by atoms with Crippen molar-refractivity contribution in [1.82, 2.24) is 5.32 Å². The first-order valence-corrected chi connectivity index (χ1v) is 11.4. The van der Waals surface area contributed by atoms with Crippen molar-refractivity contribution in [1.29, 1.82) is 0 Å². The molecule has 2 aromatic rings. The van der Waals surface area contributed by atoms with Crippen LogP contribution in [0, 0.1) is 0 Å². The summed E-state index contributed by atoms with van der Waals surface area (Å²) < 4.78 is 10.9. The first kappa shape index (κ1) is 22.6. The summed E-state index contributed by atoms with van der Waals surface area (Å²) in [5.74, 6) is -0.639. The molecule has 1 heterocycles. The SMILES string of the molecule is CCOC(=O)C1=C(C)NC2=C(C(=O)C[C@H](c3ccccc3)C2)[C@H]1c1ccc(O)c(OCC)c1. The minimum absolute atomic E-state index is 0.00272. The van der Waals surface area contributed by atoms with E-state index in [9.17, 15) is 14.7 Å². The standard InChI is InChI=1S/C27H29NO5/c1-4-32-23-15-18(11-12-21(23)29)25-24(27(31)33-5-2)16(3)28-20-13-19(14-22(30)26(20)25)17-9-7-6-8-10-17/h6-12,15,19,25,28-29H,4-5,13-14H2,1-3H3/t19-,25+/m1/s1. The van der Waals surface area contributed by atoms with Gasteiger partial charge in [0, 0.05) is 29.3 Å². The lowest BCUT2D eigenvalue weighted by atomic mass is 9.71. The average molecular weight is 448 g/mol. The van der Waals surface area contributed by atoms with Gasteiger partial charge in [0.15, 0.2) is 17.3 Å². The van der Waals surface area contributed by atoms with Gasteiger partial charge in [-0.25, -0.2) is 4.79 Å². The summed E-state index contributed by atoms with van der Waals surface area (Å²) >= 11 is 0. The molecular weight excluding hydrogens is 418 g/mol. The van der Waals surface area contributed by atoms with Crippen LogP contribution in [0.15, 0.2) is 71.1 Å². The smallest absolute Gasteiger partial charge is 0.336 e. The van der Waals surface area contributed by atoms with Crippen molar-refractivity contribution in [2.45, 2.75) is 45.4 Å². The van der Waals surface area contributed by atoms with Crippen LogP contribution in [0.4, 0.5) is 0 Å². The van der Waals surface area contributed by atoms with Crippen LogP contribution in [0.2, 0.25) is 0 Å². The van der Waals surface area contributed by atoms with Crippen molar-refractivity contribution in [3.05, 3.63) is 82.2 Å². The first-order chi connectivity index (χ1) is 15.9. The molecule has 33 heavy (non-hydrogen) atoms. The van der Waals surface area contributed by atoms with E-state index in [1.54, 1.807) is 25.1 Å². The largest absolute Gasteiger partial charge is 0.504 e. The molecule has 0 saturated carbocycles. The van der Waals surface area contributed by atoms with Crippen molar-refractivity contribution in [2.24, 2.45) is 0 Å². The summed E-state index contributed by atoms with van der Waals surface area (Å²) in [7, 11) is 0. The molecule has 4 rings (SSSR count). The number of Topliss-reactive ketones (excluding diaryl/α,β-unsaturated/α-hetero) is 1. The van der Waals surface area contributed by atoms with Crippen LogP contribution in [-0.2, 0) is 14.3 Å². The molecule has 0 spiro atoms. The second-order valence-electron chi connectivity index (χ2n) is 8.31. The van der Waals surface area contributed by atoms with Gasteiger partial charge in [-0.3, -0.25) is 4.79 Å². The molecular formula is C27H29NO5. The van der Waals surface area contributed by atoms with E-state index in [1.807, 2.05) is 44.2 Å². The van der Waals surface area contributed by atoms with E-state index < -0.39 is 11.9 Å². The number of allylic oxidation sites excluding steroid dienone is 3. The van der Waals surface area contributed by atoms with E-state index in [0.29, 0.717) is 47.6 Å². The van der Waals surface area contributed by atoms with E-state index in [-0.39, 0.29) is 24.1 Å². The zero-order valence-corrected chi connectivity index (χ0v) is 19.2. The molecule has 6 heteroatoms. The third-order valence-electron chi connectivity index (χ3n) is 6.21. The molecule has 0 radical (unpaired) electrons. The Bertz CT molecular complexity index is 1130. The Morgan fingerprint density at radius 1 is 1.06 bits per heavy atom. The van der Waals surface area contributed by atoms with Gasteiger partial charge in [-0.05, 0) is 56.4 Å². The van der Waals surface area contributed by atoms with Crippen molar-refractivity contribution in [3.63, 3.8) is 0 Å². The molecule has 2 N–H and O–H groups in total. The van der Waals surface area contributed by atoms with Crippen molar-refractivity contribution in [3.8, 4) is 11.5 Å². The number of hydrogen-bond donors (Lipinski definition) is 2. The summed E-state index contributed by atoms with van der Waals surface area (Å²) in [6.45, 7) is 6.05. The number of ketones is 1. The number of esters is 1. The van der Waals surface area contributed by atoms with Gasteiger partial charge in [-0.15, -0.1) is 0 Å². The van der Waals surface area contributed by atoms with Gasteiger partial charge in [0.25, 0.3) is 0 Å². The van der Waals surface area contributed by atoms with Crippen LogP contribution >= 0.6 is 0 Å². The van der Waals surface area contributed by atoms with Gasteiger partial charge < -0.3 is 19.9 Å². The predicted octanol–water partition coefficient (Wildman–Crippen LogP) is 4.72. The number of ether oxygens (including phenoxy) is 2. The maximum atomic E-state index is 13.6. The Morgan fingerprint density at radius 2 is 1.82 bits per heavy atom. The molecule has 0 fully saturated rings. The van der Waals surface area contributed by atoms with Crippen molar-refractivity contribution >= 4 is 11.8 Å². The van der Waals surface area contributed by atoms with Crippen molar-refractivity contribution in [2.75, 3.05) is 13.2 Å². The van der Waals surface area contributed by atoms with Gasteiger partial charge in [0.05, 0.1) is 18.8 Å². The van der Waals surface area contributed by atoms with E-state index in [0.717, 1.165) is 11.3 Å². The molecule has 0 saturated heterocycles. The Balaban J connectivity index is 1.82. The lowest BCUT2D eigenvalue weighted by molar-refractivity contribution is -0.138. The molecule has 2 aliphatic rings. The molecule has 2 atom stereocenters. The van der Waals surface area contributed by atoms with Gasteiger partial charge in [-0.1, -0.05) is 36.4 Å². The highest BCUT2D eigenvalue weighted by Crippen LogP contribution is 2.46. The number of aromatic hydroxyl groups is 1. The maximum absolute atomic E-state index is 13.6. The number of carbonyl (C=O) groups excluding carboxylic acids is 2. The summed E-state index contributed by atoms with van der Waals surface area (Å²) in [6, 6.07) is 15.0. The number of rotatable bonds is 6. The van der Waals surface area contributed by atoms with Crippen LogP contribution < -0.4 is 10.1 Å². The predicted molar refractivity (Wildman–Crippen MR) is 125 cm³/mol. The van der Waals surface area contributed by atoms with E-state index in [1.165, 1.54) is 0 Å². The Kier molecular flexibility index (Phi) is 6.54. The number of benzene rings is 2. The van der Waals surface area contributed by atoms with Gasteiger partial charge in [-0.2, -0.15) is 0 Å². The highest BCUT2D eigenvalue weighted by Gasteiger charge is 2.41. The van der Waals surface area contributed by atoms with E-state index >= 15 is 0 Å². The lowest BCUT2D eigenvalue weighted by Gasteiger charge is -2.36. The summed E-state index contributed by atoms with van der Waals surface area (Å²) in [5.41, 5.74) is 4.33. The fraction of sp³-hybridized carbons (Fsp3) is 0.333. The molecule has 0 bridgehead atoms. The molecule has 0 aromatic heterocycles. The summed E-state index contributed by atoms with van der Waals surface area (Å²) in [4.78, 5) is 26.6. The molecule has 0 unspecified atom stereocenters. The molecule has 1 aliphatic carbocycles. The summed E-state index contributed by atoms with van der Waals surface area (Å²) in [5, 5.41) is 13.5. The van der Waals surface area contributed by atoms with Crippen molar-refractivity contribution < 1.29 is 24.2 Å². The number of nitrogens with one attached hydrogen (secondary N) is 1. The van der Waals surface area contributed by atoms with Crippen LogP contribution in [0.3, 0.4) is 0 Å². The second-order valence-corrected chi connectivity index (χ2v) is 8.31. The fourth-order valence-electron chi connectivity index (χ4n) is 4.79. The van der Waals surface area contributed by atoms with Gasteiger partial charge in [0.1, 0.15) is 0 Å². The van der Waals surface area contributed by atoms with Gasteiger partial charge in [0.2, 0.25) is 0 Å².